The van der Waals surface area contributed by atoms with Crippen LogP contribution in [0.4, 0.5) is 0 Å². The molecule has 19 heavy (non-hydrogen) atoms. The summed E-state index contributed by atoms with van der Waals surface area (Å²) >= 11 is -1.27. The minimum atomic E-state index is -1.27. The van der Waals surface area contributed by atoms with Crippen LogP contribution in [0.2, 0.25) is 0 Å². The van der Waals surface area contributed by atoms with Gasteiger partial charge in [-0.05, 0) is 25.0 Å². The molecule has 1 aliphatic heterocycles. The first kappa shape index (κ1) is 12.6. The van der Waals surface area contributed by atoms with Crippen molar-refractivity contribution < 1.29 is 8.39 Å². The molecule has 0 spiro atoms. The molecule has 2 nitrogen and oxygen atoms in total. The fraction of sp³-hybridized carbons (Fsp3) is 0.250. The van der Waals surface area contributed by atoms with Crippen LogP contribution < -0.4 is 0 Å². The third-order valence-corrected chi connectivity index (χ3v) is 5.35. The fourth-order valence-electron chi connectivity index (χ4n) is 2.71. The van der Waals surface area contributed by atoms with Crippen molar-refractivity contribution in [3.05, 3.63) is 71.8 Å². The lowest BCUT2D eigenvalue weighted by atomic mass is 9.77. The standard InChI is InChI=1S/C16H16O2S/c1-15(2)16(18-19(15)17,13-9-5-3-6-10-13)14-11-7-4-8-12-14/h3-12H,1-2H3. The molecule has 1 aliphatic rings. The molecule has 0 bridgehead atoms. The largest absolute Gasteiger partial charge is 0.272 e. The van der Waals surface area contributed by atoms with E-state index >= 15 is 0 Å². The van der Waals surface area contributed by atoms with Crippen molar-refractivity contribution in [2.24, 2.45) is 0 Å². The summed E-state index contributed by atoms with van der Waals surface area (Å²) < 4.78 is 17.3. The van der Waals surface area contributed by atoms with Gasteiger partial charge in [0.15, 0.2) is 16.7 Å². The normalized spacial score (nSPS) is 23.6. The van der Waals surface area contributed by atoms with Crippen molar-refractivity contribution in [2.75, 3.05) is 0 Å². The van der Waals surface area contributed by atoms with Gasteiger partial charge in [-0.25, -0.2) is 4.21 Å². The summed E-state index contributed by atoms with van der Waals surface area (Å²) in [5.74, 6) is 0. The molecule has 1 unspecified atom stereocenters. The maximum Gasteiger partial charge on any atom is 0.166 e. The predicted octanol–water partition coefficient (Wildman–Crippen LogP) is 3.40. The summed E-state index contributed by atoms with van der Waals surface area (Å²) in [6.07, 6.45) is 0. The highest BCUT2D eigenvalue weighted by Gasteiger charge is 2.63. The van der Waals surface area contributed by atoms with Gasteiger partial charge in [-0.1, -0.05) is 60.7 Å². The van der Waals surface area contributed by atoms with E-state index in [0.717, 1.165) is 11.1 Å². The van der Waals surface area contributed by atoms with Crippen LogP contribution in [0.25, 0.3) is 0 Å². The van der Waals surface area contributed by atoms with E-state index in [4.69, 9.17) is 4.18 Å². The Morgan fingerprint density at radius 2 is 1.26 bits per heavy atom. The zero-order valence-corrected chi connectivity index (χ0v) is 11.8. The summed E-state index contributed by atoms with van der Waals surface area (Å²) in [5, 5.41) is 0. The molecule has 98 valence electrons. The Kier molecular flexibility index (Phi) is 2.84. The summed E-state index contributed by atoms with van der Waals surface area (Å²) in [6, 6.07) is 20.0. The Labute approximate surface area is 116 Å². The van der Waals surface area contributed by atoms with Gasteiger partial charge in [-0.2, -0.15) is 0 Å². The average Bonchev–Trinajstić information content (AvgIpc) is 2.46. The van der Waals surface area contributed by atoms with Crippen LogP contribution in [-0.2, 0) is 20.9 Å². The first-order chi connectivity index (χ1) is 9.09. The Morgan fingerprint density at radius 3 is 1.58 bits per heavy atom. The van der Waals surface area contributed by atoms with Crippen molar-refractivity contribution in [3.63, 3.8) is 0 Å². The van der Waals surface area contributed by atoms with Crippen molar-refractivity contribution in [2.45, 2.75) is 24.2 Å². The minimum absolute atomic E-state index is 0.449. The van der Waals surface area contributed by atoms with Crippen LogP contribution in [0.1, 0.15) is 25.0 Å². The highest BCUT2D eigenvalue weighted by Crippen LogP contribution is 2.54. The van der Waals surface area contributed by atoms with Gasteiger partial charge in [-0.15, -0.1) is 0 Å². The van der Waals surface area contributed by atoms with Gasteiger partial charge in [-0.3, -0.25) is 4.18 Å². The van der Waals surface area contributed by atoms with Crippen molar-refractivity contribution in [3.8, 4) is 0 Å². The molecule has 1 fully saturated rings. The molecule has 0 aliphatic carbocycles. The van der Waals surface area contributed by atoms with E-state index in [1.165, 1.54) is 0 Å². The molecule has 0 saturated carbocycles. The van der Waals surface area contributed by atoms with Crippen LogP contribution in [-0.4, -0.2) is 8.96 Å². The summed E-state index contributed by atoms with van der Waals surface area (Å²) in [4.78, 5) is 0. The first-order valence-corrected chi connectivity index (χ1v) is 7.39. The molecule has 1 heterocycles. The van der Waals surface area contributed by atoms with E-state index in [0.29, 0.717) is 0 Å². The SMILES string of the molecule is CC1(C)S(=O)OC1(c1ccccc1)c1ccccc1. The zero-order valence-electron chi connectivity index (χ0n) is 11.0. The van der Waals surface area contributed by atoms with E-state index in [9.17, 15) is 4.21 Å². The second kappa shape index (κ2) is 4.29. The lowest BCUT2D eigenvalue weighted by Crippen LogP contribution is -2.63. The van der Waals surface area contributed by atoms with Gasteiger partial charge in [0, 0.05) is 0 Å². The summed E-state index contributed by atoms with van der Waals surface area (Å²) in [5.41, 5.74) is 1.47. The molecule has 1 saturated heterocycles. The van der Waals surface area contributed by atoms with E-state index < -0.39 is 21.4 Å². The highest BCUT2D eigenvalue weighted by molar-refractivity contribution is 7.83. The Balaban J connectivity index is 2.22. The molecule has 0 N–H and O–H groups in total. The minimum Gasteiger partial charge on any atom is -0.272 e. The van der Waals surface area contributed by atoms with Crippen LogP contribution in [0.3, 0.4) is 0 Å². The van der Waals surface area contributed by atoms with Crippen molar-refractivity contribution in [1.82, 2.24) is 0 Å². The fourth-order valence-corrected chi connectivity index (χ4v) is 3.94. The molecule has 2 aromatic rings. The van der Waals surface area contributed by atoms with Crippen molar-refractivity contribution >= 4 is 11.1 Å². The quantitative estimate of drug-likeness (QED) is 0.837. The van der Waals surface area contributed by atoms with Crippen LogP contribution in [0.15, 0.2) is 60.7 Å². The first-order valence-electron chi connectivity index (χ1n) is 6.31. The van der Waals surface area contributed by atoms with Gasteiger partial charge in [0.1, 0.15) is 4.75 Å². The topological polar surface area (TPSA) is 26.3 Å². The highest BCUT2D eigenvalue weighted by atomic mass is 32.2. The van der Waals surface area contributed by atoms with Gasteiger partial charge >= 0.3 is 0 Å². The Hall–Kier alpha value is -1.45. The van der Waals surface area contributed by atoms with Crippen LogP contribution >= 0.6 is 0 Å². The number of hydrogen-bond acceptors (Lipinski definition) is 2. The van der Waals surface area contributed by atoms with E-state index in [2.05, 4.69) is 0 Å². The molecule has 3 heteroatoms. The third kappa shape index (κ3) is 1.62. The molecule has 3 rings (SSSR count). The van der Waals surface area contributed by atoms with Gasteiger partial charge < -0.3 is 0 Å². The number of hydrogen-bond donors (Lipinski definition) is 0. The number of benzene rings is 2. The maximum absolute atomic E-state index is 12.0. The average molecular weight is 272 g/mol. The molecule has 1 atom stereocenters. The van der Waals surface area contributed by atoms with E-state index in [-0.39, 0.29) is 0 Å². The third-order valence-electron chi connectivity index (χ3n) is 3.83. The van der Waals surface area contributed by atoms with Gasteiger partial charge in [0.05, 0.1) is 0 Å². The van der Waals surface area contributed by atoms with Crippen molar-refractivity contribution in [1.29, 1.82) is 0 Å². The predicted molar refractivity (Wildman–Crippen MR) is 77.0 cm³/mol. The second-order valence-electron chi connectivity index (χ2n) is 5.24. The molecule has 2 aromatic carbocycles. The molecular formula is C16H16O2S. The molecule has 0 radical (unpaired) electrons. The summed E-state index contributed by atoms with van der Waals surface area (Å²) in [7, 11) is 0. The molecule has 0 amide bonds. The monoisotopic (exact) mass is 272 g/mol. The Bertz CT molecular complexity index is 566. The smallest absolute Gasteiger partial charge is 0.166 e. The lowest BCUT2D eigenvalue weighted by molar-refractivity contribution is 0.0294. The van der Waals surface area contributed by atoms with E-state index in [1.807, 2.05) is 74.5 Å². The summed E-state index contributed by atoms with van der Waals surface area (Å²) in [6.45, 7) is 3.99. The zero-order chi connectivity index (χ0) is 13.5. The lowest BCUT2D eigenvalue weighted by Gasteiger charge is -2.53. The van der Waals surface area contributed by atoms with E-state index in [1.54, 1.807) is 0 Å². The second-order valence-corrected chi connectivity index (χ2v) is 6.90. The Morgan fingerprint density at radius 1 is 0.842 bits per heavy atom. The molecule has 0 aromatic heterocycles. The maximum atomic E-state index is 12.0. The van der Waals surface area contributed by atoms with Gasteiger partial charge in [0.2, 0.25) is 0 Å². The number of rotatable bonds is 2. The molecular weight excluding hydrogens is 256 g/mol. The van der Waals surface area contributed by atoms with Crippen LogP contribution in [0, 0.1) is 0 Å². The van der Waals surface area contributed by atoms with Gasteiger partial charge in [0.25, 0.3) is 0 Å². The van der Waals surface area contributed by atoms with Crippen LogP contribution in [0.5, 0.6) is 0 Å².